The summed E-state index contributed by atoms with van der Waals surface area (Å²) in [5.74, 6) is 2.91. The minimum atomic E-state index is -0.248. The molecule has 1 unspecified atom stereocenters. The van der Waals surface area contributed by atoms with Crippen LogP contribution in [-0.2, 0) is 5.41 Å². The highest BCUT2D eigenvalue weighted by atomic mass is 16.6. The third kappa shape index (κ3) is 5.16. The maximum absolute atomic E-state index is 6.82. The lowest BCUT2D eigenvalue weighted by molar-refractivity contribution is 0.360. The van der Waals surface area contributed by atoms with Crippen molar-refractivity contribution in [2.24, 2.45) is 0 Å². The van der Waals surface area contributed by atoms with Gasteiger partial charge >= 0.3 is 0 Å². The first-order chi connectivity index (χ1) is 26.1. The van der Waals surface area contributed by atoms with Gasteiger partial charge in [0.15, 0.2) is 23.0 Å². The Morgan fingerprint density at radius 1 is 0.472 bits per heavy atom. The van der Waals surface area contributed by atoms with Crippen molar-refractivity contribution in [2.45, 2.75) is 19.3 Å². The van der Waals surface area contributed by atoms with Crippen molar-refractivity contribution in [3.8, 4) is 78.9 Å². The molecule has 0 bridgehead atoms. The summed E-state index contributed by atoms with van der Waals surface area (Å²) < 4.78 is 13.3. The number of benzene rings is 7. The van der Waals surface area contributed by atoms with Crippen LogP contribution in [0, 0.1) is 0 Å². The normalized spacial score (nSPS) is 15.3. The molecule has 0 spiro atoms. The Kier molecular flexibility index (Phi) is 7.16. The monoisotopic (exact) mass is 681 g/mol. The molecule has 7 aromatic carbocycles. The third-order valence-corrected chi connectivity index (χ3v) is 10.8. The minimum absolute atomic E-state index is 0.248. The molecule has 0 fully saturated rings. The summed E-state index contributed by atoms with van der Waals surface area (Å²) in [6.07, 6.45) is 4.41. The standard InChI is InChI=1S/C50H35NO2/c1-3-26-50(2)41-19-10-9-18-40(41)48-42(50)23-25-46-49(48)53-47-31-37(22-24-45(47)52-46)35-16-11-17-38(28-35)44-30-39(29-43(51-44)33-13-5-4-6-14-33)36-21-20-32-12-7-8-15-34(32)27-36/h3-31H,1-2H3/b26-3+. The Morgan fingerprint density at radius 3 is 2.02 bits per heavy atom. The fraction of sp³-hybridized carbons (Fsp3) is 0.0600. The molecule has 1 aromatic heterocycles. The van der Waals surface area contributed by atoms with Crippen LogP contribution >= 0.6 is 0 Å². The Morgan fingerprint density at radius 2 is 1.15 bits per heavy atom. The average molecular weight is 682 g/mol. The Labute approximate surface area is 309 Å². The molecule has 1 atom stereocenters. The molecule has 10 rings (SSSR count). The van der Waals surface area contributed by atoms with Gasteiger partial charge in [0.25, 0.3) is 0 Å². The van der Waals surface area contributed by atoms with E-state index in [0.717, 1.165) is 61.8 Å². The second kappa shape index (κ2) is 12.2. The number of allylic oxidation sites excluding steroid dienone is 2. The number of hydrogen-bond acceptors (Lipinski definition) is 3. The summed E-state index contributed by atoms with van der Waals surface area (Å²) in [7, 11) is 0. The smallest absolute Gasteiger partial charge is 0.178 e. The first-order valence-electron chi connectivity index (χ1n) is 18.1. The molecular weight excluding hydrogens is 647 g/mol. The number of pyridine rings is 1. The fourth-order valence-electron chi connectivity index (χ4n) is 8.17. The zero-order chi connectivity index (χ0) is 35.5. The zero-order valence-corrected chi connectivity index (χ0v) is 29.5. The number of fused-ring (bicyclic) bond motifs is 7. The summed E-state index contributed by atoms with van der Waals surface area (Å²) in [5, 5.41) is 2.44. The second-order valence-corrected chi connectivity index (χ2v) is 14.1. The summed E-state index contributed by atoms with van der Waals surface area (Å²) >= 11 is 0. The van der Waals surface area contributed by atoms with Crippen LogP contribution in [0.5, 0.6) is 23.0 Å². The van der Waals surface area contributed by atoms with Crippen molar-refractivity contribution < 1.29 is 9.47 Å². The van der Waals surface area contributed by atoms with E-state index in [-0.39, 0.29) is 5.41 Å². The molecule has 0 amide bonds. The van der Waals surface area contributed by atoms with Gasteiger partial charge in [-0.25, -0.2) is 4.98 Å². The molecule has 2 heterocycles. The van der Waals surface area contributed by atoms with Gasteiger partial charge in [0.2, 0.25) is 0 Å². The Hall–Kier alpha value is -6.71. The SMILES string of the molecule is C/C=C/C1(C)c2ccccc2-c2c1ccc1c2Oc2cc(-c3cccc(-c4cc(-c5ccc6ccccc6c5)cc(-c5ccccc5)n4)c3)ccc2O1. The van der Waals surface area contributed by atoms with Gasteiger partial charge in [-0.05, 0) is 106 Å². The van der Waals surface area contributed by atoms with Crippen molar-refractivity contribution in [3.63, 3.8) is 0 Å². The summed E-state index contributed by atoms with van der Waals surface area (Å²) in [4.78, 5) is 5.22. The first-order valence-corrected chi connectivity index (χ1v) is 18.1. The van der Waals surface area contributed by atoms with Crippen LogP contribution in [-0.4, -0.2) is 4.98 Å². The highest BCUT2D eigenvalue weighted by Crippen LogP contribution is 2.59. The van der Waals surface area contributed by atoms with Crippen molar-refractivity contribution in [1.29, 1.82) is 0 Å². The van der Waals surface area contributed by atoms with Crippen LogP contribution in [0.15, 0.2) is 176 Å². The predicted molar refractivity (Wildman–Crippen MR) is 217 cm³/mol. The van der Waals surface area contributed by atoms with Crippen molar-refractivity contribution in [2.75, 3.05) is 0 Å². The molecule has 3 nitrogen and oxygen atoms in total. The van der Waals surface area contributed by atoms with Gasteiger partial charge in [-0.1, -0.05) is 133 Å². The molecule has 3 heteroatoms. The van der Waals surface area contributed by atoms with Crippen LogP contribution in [0.25, 0.3) is 66.7 Å². The lowest BCUT2D eigenvalue weighted by Gasteiger charge is -2.26. The number of rotatable bonds is 5. The van der Waals surface area contributed by atoms with Crippen LogP contribution in [0.3, 0.4) is 0 Å². The van der Waals surface area contributed by atoms with Gasteiger partial charge in [-0.3, -0.25) is 0 Å². The highest BCUT2D eigenvalue weighted by molar-refractivity contribution is 5.90. The molecule has 1 aliphatic heterocycles. The summed E-state index contributed by atoms with van der Waals surface area (Å²) in [6.45, 7) is 4.36. The van der Waals surface area contributed by atoms with Crippen LogP contribution in [0.1, 0.15) is 25.0 Å². The van der Waals surface area contributed by atoms with Crippen LogP contribution in [0.4, 0.5) is 0 Å². The molecule has 252 valence electrons. The molecule has 0 saturated heterocycles. The zero-order valence-electron chi connectivity index (χ0n) is 29.5. The Balaban J connectivity index is 1.04. The van der Waals surface area contributed by atoms with E-state index in [1.165, 1.54) is 27.5 Å². The van der Waals surface area contributed by atoms with Crippen molar-refractivity contribution in [3.05, 3.63) is 187 Å². The topological polar surface area (TPSA) is 31.4 Å². The molecule has 53 heavy (non-hydrogen) atoms. The van der Waals surface area contributed by atoms with E-state index in [2.05, 4.69) is 172 Å². The molecule has 0 saturated carbocycles. The van der Waals surface area contributed by atoms with Gasteiger partial charge in [0.05, 0.1) is 11.4 Å². The largest absolute Gasteiger partial charge is 0.449 e. The van der Waals surface area contributed by atoms with E-state index in [9.17, 15) is 0 Å². The van der Waals surface area contributed by atoms with E-state index >= 15 is 0 Å². The molecule has 8 aromatic rings. The van der Waals surface area contributed by atoms with E-state index in [0.29, 0.717) is 11.5 Å². The number of nitrogens with zero attached hydrogens (tertiary/aromatic N) is 1. The fourth-order valence-corrected chi connectivity index (χ4v) is 8.17. The van der Waals surface area contributed by atoms with Gasteiger partial charge in [0.1, 0.15) is 0 Å². The van der Waals surface area contributed by atoms with E-state index in [4.69, 9.17) is 14.5 Å². The number of aromatic nitrogens is 1. The molecule has 2 aliphatic rings. The Bertz CT molecular complexity index is 2760. The van der Waals surface area contributed by atoms with Crippen molar-refractivity contribution >= 4 is 10.8 Å². The first kappa shape index (κ1) is 31.1. The quantitative estimate of drug-likeness (QED) is 0.169. The lowest BCUT2D eigenvalue weighted by atomic mass is 9.80. The molecular formula is C50H35NO2. The van der Waals surface area contributed by atoms with Gasteiger partial charge in [0, 0.05) is 22.1 Å². The van der Waals surface area contributed by atoms with E-state index < -0.39 is 0 Å². The maximum atomic E-state index is 6.82. The lowest BCUT2D eigenvalue weighted by Crippen LogP contribution is -2.17. The average Bonchev–Trinajstić information content (AvgIpc) is 3.47. The maximum Gasteiger partial charge on any atom is 0.178 e. The number of hydrogen-bond donors (Lipinski definition) is 0. The summed E-state index contributed by atoms with van der Waals surface area (Å²) in [5.41, 5.74) is 12.9. The molecule has 0 N–H and O–H groups in total. The van der Waals surface area contributed by atoms with Crippen LogP contribution < -0.4 is 9.47 Å². The van der Waals surface area contributed by atoms with Gasteiger partial charge < -0.3 is 9.47 Å². The second-order valence-electron chi connectivity index (χ2n) is 14.1. The summed E-state index contributed by atoms with van der Waals surface area (Å²) in [6, 6.07) is 57.7. The minimum Gasteiger partial charge on any atom is -0.449 e. The highest BCUT2D eigenvalue weighted by Gasteiger charge is 2.41. The molecule has 0 radical (unpaired) electrons. The van der Waals surface area contributed by atoms with E-state index in [1.807, 2.05) is 18.2 Å². The van der Waals surface area contributed by atoms with E-state index in [1.54, 1.807) is 0 Å². The van der Waals surface area contributed by atoms with Gasteiger partial charge in [-0.15, -0.1) is 0 Å². The molecule has 1 aliphatic carbocycles. The van der Waals surface area contributed by atoms with Crippen LogP contribution in [0.2, 0.25) is 0 Å². The van der Waals surface area contributed by atoms with Crippen molar-refractivity contribution in [1.82, 2.24) is 4.98 Å². The third-order valence-electron chi connectivity index (χ3n) is 10.8. The predicted octanol–water partition coefficient (Wildman–Crippen LogP) is 13.7. The van der Waals surface area contributed by atoms with Gasteiger partial charge in [-0.2, -0.15) is 0 Å². The number of ether oxygens (including phenoxy) is 2.